The van der Waals surface area contributed by atoms with Crippen LogP contribution >= 0.6 is 0 Å². The van der Waals surface area contributed by atoms with Crippen LogP contribution in [0.5, 0.6) is 0 Å². The summed E-state index contributed by atoms with van der Waals surface area (Å²) in [5.74, 6) is -0.184. The zero-order chi connectivity index (χ0) is 9.68. The third-order valence-corrected chi connectivity index (χ3v) is 2.11. The molecule has 0 aromatic heterocycles. The van der Waals surface area contributed by atoms with E-state index >= 15 is 0 Å². The van der Waals surface area contributed by atoms with Gasteiger partial charge in [-0.15, -0.1) is 6.58 Å². The van der Waals surface area contributed by atoms with Crippen LogP contribution in [-0.2, 0) is 9.53 Å². The SMILES string of the molecule is C=CCCNC(=O)C1COCC1N. The number of nitrogens with two attached hydrogens (primary N) is 1. The molecule has 1 aliphatic heterocycles. The molecule has 1 fully saturated rings. The zero-order valence-corrected chi connectivity index (χ0v) is 7.66. The summed E-state index contributed by atoms with van der Waals surface area (Å²) in [6.07, 6.45) is 2.56. The van der Waals surface area contributed by atoms with E-state index in [-0.39, 0.29) is 17.9 Å². The average Bonchev–Trinajstić information content (AvgIpc) is 2.52. The van der Waals surface area contributed by atoms with Crippen molar-refractivity contribution in [1.29, 1.82) is 0 Å². The van der Waals surface area contributed by atoms with Gasteiger partial charge in [0, 0.05) is 12.6 Å². The molecule has 0 aliphatic carbocycles. The van der Waals surface area contributed by atoms with Gasteiger partial charge in [-0.25, -0.2) is 0 Å². The molecular weight excluding hydrogens is 168 g/mol. The van der Waals surface area contributed by atoms with Crippen molar-refractivity contribution in [2.45, 2.75) is 12.5 Å². The van der Waals surface area contributed by atoms with Crippen LogP contribution in [0.3, 0.4) is 0 Å². The summed E-state index contributed by atoms with van der Waals surface area (Å²) in [5, 5.41) is 2.79. The molecule has 2 unspecified atom stereocenters. The summed E-state index contributed by atoms with van der Waals surface area (Å²) < 4.78 is 5.09. The second-order valence-corrected chi connectivity index (χ2v) is 3.18. The molecule has 3 N–H and O–H groups in total. The molecule has 74 valence electrons. The van der Waals surface area contributed by atoms with Crippen LogP contribution < -0.4 is 11.1 Å². The van der Waals surface area contributed by atoms with Crippen molar-refractivity contribution in [2.24, 2.45) is 11.7 Å². The minimum atomic E-state index is -0.176. The van der Waals surface area contributed by atoms with Crippen LogP contribution in [0.25, 0.3) is 0 Å². The molecule has 0 saturated carbocycles. The van der Waals surface area contributed by atoms with Crippen LogP contribution in [0.1, 0.15) is 6.42 Å². The molecule has 1 amide bonds. The van der Waals surface area contributed by atoms with Gasteiger partial charge >= 0.3 is 0 Å². The molecular formula is C9H16N2O2. The van der Waals surface area contributed by atoms with E-state index in [0.717, 1.165) is 6.42 Å². The van der Waals surface area contributed by atoms with Crippen molar-refractivity contribution < 1.29 is 9.53 Å². The van der Waals surface area contributed by atoms with Crippen molar-refractivity contribution in [1.82, 2.24) is 5.32 Å². The molecule has 4 heteroatoms. The van der Waals surface area contributed by atoms with Crippen LogP contribution in [-0.4, -0.2) is 31.7 Å². The standard InChI is InChI=1S/C9H16N2O2/c1-2-3-4-11-9(12)7-5-13-6-8(7)10/h2,7-8H,1,3-6,10H2,(H,11,12). The highest BCUT2D eigenvalue weighted by Gasteiger charge is 2.30. The van der Waals surface area contributed by atoms with Gasteiger partial charge in [-0.05, 0) is 6.42 Å². The largest absolute Gasteiger partial charge is 0.379 e. The molecule has 4 nitrogen and oxygen atoms in total. The predicted molar refractivity (Wildman–Crippen MR) is 50.1 cm³/mol. The Morgan fingerprint density at radius 1 is 1.69 bits per heavy atom. The van der Waals surface area contributed by atoms with Crippen molar-refractivity contribution in [3.05, 3.63) is 12.7 Å². The lowest BCUT2D eigenvalue weighted by molar-refractivity contribution is -0.125. The van der Waals surface area contributed by atoms with Gasteiger partial charge in [0.15, 0.2) is 0 Å². The minimum absolute atomic E-state index is 0.00755. The molecule has 1 heterocycles. The molecule has 13 heavy (non-hydrogen) atoms. The van der Waals surface area contributed by atoms with Gasteiger partial charge in [0.05, 0.1) is 19.1 Å². The Bertz CT molecular complexity index is 194. The lowest BCUT2D eigenvalue weighted by atomic mass is 10.0. The van der Waals surface area contributed by atoms with Crippen LogP contribution in [0.15, 0.2) is 12.7 Å². The Hall–Kier alpha value is -0.870. The topological polar surface area (TPSA) is 64.3 Å². The minimum Gasteiger partial charge on any atom is -0.379 e. The first kappa shape index (κ1) is 10.2. The van der Waals surface area contributed by atoms with E-state index in [0.29, 0.717) is 19.8 Å². The second kappa shape index (κ2) is 4.99. The first-order valence-electron chi connectivity index (χ1n) is 4.47. The summed E-state index contributed by atoms with van der Waals surface area (Å²) in [7, 11) is 0. The molecule has 0 aromatic rings. The second-order valence-electron chi connectivity index (χ2n) is 3.18. The van der Waals surface area contributed by atoms with Crippen LogP contribution in [0.2, 0.25) is 0 Å². The lowest BCUT2D eigenvalue weighted by Gasteiger charge is -2.12. The van der Waals surface area contributed by atoms with E-state index < -0.39 is 0 Å². The number of ether oxygens (including phenoxy) is 1. The maximum absolute atomic E-state index is 11.4. The van der Waals surface area contributed by atoms with E-state index in [2.05, 4.69) is 11.9 Å². The predicted octanol–water partition coefficient (Wildman–Crippen LogP) is -0.348. The monoisotopic (exact) mass is 184 g/mol. The summed E-state index contributed by atoms with van der Waals surface area (Å²) in [6.45, 7) is 5.13. The van der Waals surface area contributed by atoms with Gasteiger partial charge in [0.1, 0.15) is 0 Å². The van der Waals surface area contributed by atoms with Crippen molar-refractivity contribution in [3.8, 4) is 0 Å². The average molecular weight is 184 g/mol. The number of carbonyl (C=O) groups is 1. The highest BCUT2D eigenvalue weighted by atomic mass is 16.5. The molecule has 0 radical (unpaired) electrons. The van der Waals surface area contributed by atoms with E-state index in [1.807, 2.05) is 0 Å². The molecule has 2 atom stereocenters. The number of hydrogen-bond donors (Lipinski definition) is 2. The van der Waals surface area contributed by atoms with Crippen LogP contribution in [0, 0.1) is 5.92 Å². The quantitative estimate of drug-likeness (QED) is 0.464. The van der Waals surface area contributed by atoms with E-state index in [1.165, 1.54) is 0 Å². The maximum Gasteiger partial charge on any atom is 0.227 e. The molecule has 1 aliphatic rings. The van der Waals surface area contributed by atoms with Gasteiger partial charge in [0.25, 0.3) is 0 Å². The molecule has 1 rings (SSSR count). The van der Waals surface area contributed by atoms with Crippen molar-refractivity contribution in [3.63, 3.8) is 0 Å². The molecule has 0 bridgehead atoms. The lowest BCUT2D eigenvalue weighted by Crippen LogP contribution is -2.41. The highest BCUT2D eigenvalue weighted by molar-refractivity contribution is 5.79. The Kier molecular flexibility index (Phi) is 3.92. The number of hydrogen-bond acceptors (Lipinski definition) is 3. The normalized spacial score (nSPS) is 27.2. The van der Waals surface area contributed by atoms with E-state index in [4.69, 9.17) is 10.5 Å². The van der Waals surface area contributed by atoms with Gasteiger partial charge in [0.2, 0.25) is 5.91 Å². The fraction of sp³-hybridized carbons (Fsp3) is 0.667. The number of carbonyl (C=O) groups excluding carboxylic acids is 1. The van der Waals surface area contributed by atoms with Crippen LogP contribution in [0.4, 0.5) is 0 Å². The first-order chi connectivity index (χ1) is 6.25. The third-order valence-electron chi connectivity index (χ3n) is 2.11. The Morgan fingerprint density at radius 3 is 3.00 bits per heavy atom. The Labute approximate surface area is 78.1 Å². The van der Waals surface area contributed by atoms with E-state index in [1.54, 1.807) is 6.08 Å². The highest BCUT2D eigenvalue weighted by Crippen LogP contribution is 2.11. The number of amides is 1. The molecule has 1 saturated heterocycles. The summed E-state index contributed by atoms with van der Waals surface area (Å²) in [4.78, 5) is 11.4. The maximum atomic E-state index is 11.4. The fourth-order valence-electron chi connectivity index (χ4n) is 1.27. The summed E-state index contributed by atoms with van der Waals surface area (Å²) >= 11 is 0. The van der Waals surface area contributed by atoms with Gasteiger partial charge in [-0.3, -0.25) is 4.79 Å². The van der Waals surface area contributed by atoms with Gasteiger partial charge < -0.3 is 15.8 Å². The Morgan fingerprint density at radius 2 is 2.46 bits per heavy atom. The van der Waals surface area contributed by atoms with Crippen molar-refractivity contribution in [2.75, 3.05) is 19.8 Å². The third kappa shape index (κ3) is 2.82. The fourth-order valence-corrected chi connectivity index (χ4v) is 1.27. The Balaban J connectivity index is 2.26. The first-order valence-corrected chi connectivity index (χ1v) is 4.47. The molecule has 0 spiro atoms. The smallest absolute Gasteiger partial charge is 0.227 e. The van der Waals surface area contributed by atoms with E-state index in [9.17, 15) is 4.79 Å². The van der Waals surface area contributed by atoms with Crippen molar-refractivity contribution >= 4 is 5.91 Å². The number of rotatable bonds is 4. The molecule has 0 aromatic carbocycles. The van der Waals surface area contributed by atoms with Gasteiger partial charge in [-0.1, -0.05) is 6.08 Å². The number of nitrogens with one attached hydrogen (secondary N) is 1. The zero-order valence-electron chi connectivity index (χ0n) is 7.66. The summed E-state index contributed by atoms with van der Waals surface area (Å²) in [6, 6.07) is -0.149. The summed E-state index contributed by atoms with van der Waals surface area (Å²) in [5.41, 5.74) is 5.68. The van der Waals surface area contributed by atoms with Gasteiger partial charge in [-0.2, -0.15) is 0 Å².